The fraction of sp³-hybridized carbons (Fsp3) is 0.500. The molecule has 2 aliphatic heterocycles. The lowest BCUT2D eigenvalue weighted by Crippen LogP contribution is -2.49. The third-order valence-corrected chi connectivity index (χ3v) is 5.89. The van der Waals surface area contributed by atoms with E-state index in [4.69, 9.17) is 0 Å². The zero-order chi connectivity index (χ0) is 23.7. The average molecular weight is 447 g/mol. The van der Waals surface area contributed by atoms with Crippen LogP contribution < -0.4 is 0 Å². The van der Waals surface area contributed by atoms with Crippen LogP contribution in [-0.2, 0) is 11.3 Å². The van der Waals surface area contributed by atoms with Gasteiger partial charge in [-0.2, -0.15) is 0 Å². The second-order valence-corrected chi connectivity index (χ2v) is 7.69. The second-order valence-electron chi connectivity index (χ2n) is 7.69. The second kappa shape index (κ2) is 12.5. The summed E-state index contributed by atoms with van der Waals surface area (Å²) in [6.45, 7) is 10.0. The van der Waals surface area contributed by atoms with Crippen LogP contribution in [0.4, 0.5) is 8.78 Å². The van der Waals surface area contributed by atoms with Crippen LogP contribution in [0.2, 0.25) is 0 Å². The van der Waals surface area contributed by atoms with Crippen LogP contribution in [-0.4, -0.2) is 52.7 Å². The summed E-state index contributed by atoms with van der Waals surface area (Å²) in [5.41, 5.74) is 1.78. The molecule has 0 bridgehead atoms. The summed E-state index contributed by atoms with van der Waals surface area (Å²) in [6.07, 6.45) is 0.293. The molecule has 1 N–H and O–H groups in total. The number of carbonyl (C=O) groups is 1. The molecule has 2 aromatic rings. The summed E-state index contributed by atoms with van der Waals surface area (Å²) in [4.78, 5) is 16.6. The van der Waals surface area contributed by atoms with Crippen molar-refractivity contribution in [1.29, 1.82) is 0 Å². The van der Waals surface area contributed by atoms with Crippen LogP contribution in [0.15, 0.2) is 48.5 Å². The van der Waals surface area contributed by atoms with Crippen molar-refractivity contribution in [2.75, 3.05) is 19.6 Å². The van der Waals surface area contributed by atoms with Crippen LogP contribution in [0.3, 0.4) is 0 Å². The zero-order valence-corrected chi connectivity index (χ0v) is 19.6. The van der Waals surface area contributed by atoms with Crippen molar-refractivity contribution in [3.05, 3.63) is 65.5 Å². The number of hydrogen-bond acceptors (Lipinski definition) is 3. The predicted molar refractivity (Wildman–Crippen MR) is 125 cm³/mol. The fourth-order valence-electron chi connectivity index (χ4n) is 4.34. The Bertz CT molecular complexity index is 827. The van der Waals surface area contributed by atoms with Crippen molar-refractivity contribution in [2.24, 2.45) is 0 Å². The van der Waals surface area contributed by atoms with E-state index >= 15 is 0 Å². The Balaban J connectivity index is 0.000000860. The number of hydrogen-bond donors (Lipinski definition) is 1. The molecule has 176 valence electrons. The highest BCUT2D eigenvalue weighted by molar-refractivity contribution is 5.84. The van der Waals surface area contributed by atoms with Gasteiger partial charge in [-0.15, -0.1) is 0 Å². The molecule has 4 nitrogen and oxygen atoms in total. The predicted octanol–water partition coefficient (Wildman–Crippen LogP) is 5.51. The molecular formula is C26H36F2N2O2. The molecule has 2 fully saturated rings. The molecule has 6 heteroatoms. The minimum absolute atomic E-state index is 0.0274. The summed E-state index contributed by atoms with van der Waals surface area (Å²) in [5.74, 6) is -0.294. The minimum atomic E-state index is -1.04. The number of carbonyl (C=O) groups excluding carboxylic acids is 1. The molecule has 1 amide bonds. The summed E-state index contributed by atoms with van der Waals surface area (Å²) in [5, 5.41) is 9.42. The van der Waals surface area contributed by atoms with E-state index in [1.54, 1.807) is 41.3 Å². The lowest BCUT2D eigenvalue weighted by atomic mass is 9.87. The number of alkyl halides is 1. The summed E-state index contributed by atoms with van der Waals surface area (Å²) in [7, 11) is 0. The number of halogens is 2. The molecule has 0 spiro atoms. The SMILES string of the molecule is CC.CC.O=C1[C@H](N2CC[C@H](c3ccc(O)cc3)C(F)C2)CCN1Cc1ccc(F)cc1. The number of amides is 1. The van der Waals surface area contributed by atoms with E-state index < -0.39 is 6.17 Å². The first-order chi connectivity index (χ1) is 15.5. The van der Waals surface area contributed by atoms with Crippen LogP contribution in [0.1, 0.15) is 57.6 Å². The highest BCUT2D eigenvalue weighted by atomic mass is 19.1. The van der Waals surface area contributed by atoms with E-state index in [1.165, 1.54) is 12.1 Å². The molecule has 32 heavy (non-hydrogen) atoms. The van der Waals surface area contributed by atoms with Gasteiger partial charge in [-0.25, -0.2) is 8.78 Å². The minimum Gasteiger partial charge on any atom is -0.508 e. The highest BCUT2D eigenvalue weighted by Gasteiger charge is 2.40. The number of likely N-dealkylation sites (tertiary alicyclic amines) is 2. The smallest absolute Gasteiger partial charge is 0.240 e. The van der Waals surface area contributed by atoms with Crippen molar-refractivity contribution >= 4 is 5.91 Å². The van der Waals surface area contributed by atoms with Gasteiger partial charge in [0.1, 0.15) is 17.7 Å². The Kier molecular flexibility index (Phi) is 10.1. The van der Waals surface area contributed by atoms with E-state index in [-0.39, 0.29) is 36.0 Å². The van der Waals surface area contributed by atoms with Gasteiger partial charge in [0.2, 0.25) is 5.91 Å². The molecule has 2 saturated heterocycles. The van der Waals surface area contributed by atoms with Crippen molar-refractivity contribution in [3.63, 3.8) is 0 Å². The molecule has 2 aromatic carbocycles. The first-order valence-electron chi connectivity index (χ1n) is 11.7. The van der Waals surface area contributed by atoms with Gasteiger partial charge in [0.25, 0.3) is 0 Å². The van der Waals surface area contributed by atoms with Crippen molar-refractivity contribution in [2.45, 2.75) is 65.2 Å². The van der Waals surface area contributed by atoms with Crippen molar-refractivity contribution in [1.82, 2.24) is 9.80 Å². The topological polar surface area (TPSA) is 43.8 Å². The summed E-state index contributed by atoms with van der Waals surface area (Å²) < 4.78 is 27.9. The first kappa shape index (κ1) is 25.8. The molecule has 0 saturated carbocycles. The number of benzene rings is 2. The van der Waals surface area contributed by atoms with Crippen LogP contribution in [0.5, 0.6) is 5.75 Å². The van der Waals surface area contributed by atoms with Gasteiger partial charge in [-0.05, 0) is 54.8 Å². The van der Waals surface area contributed by atoms with E-state index in [1.807, 2.05) is 32.6 Å². The summed E-state index contributed by atoms with van der Waals surface area (Å²) >= 11 is 0. The van der Waals surface area contributed by atoms with E-state index in [9.17, 15) is 18.7 Å². The van der Waals surface area contributed by atoms with Gasteiger partial charge in [-0.1, -0.05) is 52.0 Å². The van der Waals surface area contributed by atoms with Crippen LogP contribution >= 0.6 is 0 Å². The lowest BCUT2D eigenvalue weighted by Gasteiger charge is -2.37. The van der Waals surface area contributed by atoms with E-state index in [0.29, 0.717) is 32.5 Å². The molecule has 4 rings (SSSR count). The number of rotatable bonds is 4. The molecular weight excluding hydrogens is 410 g/mol. The number of nitrogens with zero attached hydrogens (tertiary/aromatic N) is 2. The van der Waals surface area contributed by atoms with Crippen LogP contribution in [0.25, 0.3) is 0 Å². The molecule has 2 heterocycles. The van der Waals surface area contributed by atoms with E-state index in [2.05, 4.69) is 0 Å². The zero-order valence-electron chi connectivity index (χ0n) is 19.6. The van der Waals surface area contributed by atoms with Crippen molar-refractivity contribution < 1.29 is 18.7 Å². The number of phenols is 1. The number of piperidine rings is 1. The Morgan fingerprint density at radius 2 is 1.56 bits per heavy atom. The van der Waals surface area contributed by atoms with Gasteiger partial charge < -0.3 is 10.0 Å². The standard InChI is InChI=1S/C22H24F2N2O2.2C2H6/c23-17-5-1-15(2-6-17)13-26-12-10-21(22(26)28)25-11-9-19(20(24)14-25)16-3-7-18(27)8-4-16;2*1-2/h1-8,19-21,27H,9-14H2;2*1-2H3/t19-,20?,21-;;/m1../s1. The van der Waals surface area contributed by atoms with Gasteiger partial charge in [0.15, 0.2) is 0 Å². The van der Waals surface area contributed by atoms with Crippen molar-refractivity contribution in [3.8, 4) is 5.75 Å². The summed E-state index contributed by atoms with van der Waals surface area (Å²) in [6, 6.07) is 12.6. The molecule has 0 radical (unpaired) electrons. The Morgan fingerprint density at radius 1 is 0.938 bits per heavy atom. The third-order valence-electron chi connectivity index (χ3n) is 5.89. The normalized spacial score (nSPS) is 23.1. The van der Waals surface area contributed by atoms with Gasteiger partial charge in [0, 0.05) is 25.6 Å². The monoisotopic (exact) mass is 446 g/mol. The third kappa shape index (κ3) is 6.28. The quantitative estimate of drug-likeness (QED) is 0.673. The fourth-order valence-corrected chi connectivity index (χ4v) is 4.34. The molecule has 2 aliphatic rings. The maximum absolute atomic E-state index is 14.9. The van der Waals surface area contributed by atoms with Gasteiger partial charge in [0.05, 0.1) is 6.04 Å². The molecule has 3 atom stereocenters. The maximum Gasteiger partial charge on any atom is 0.240 e. The number of phenolic OH excluding ortho intramolecular Hbond substituents is 1. The average Bonchev–Trinajstić information content (AvgIpc) is 3.18. The highest BCUT2D eigenvalue weighted by Crippen LogP contribution is 2.33. The number of aromatic hydroxyl groups is 1. The largest absolute Gasteiger partial charge is 0.508 e. The molecule has 1 unspecified atom stereocenters. The Hall–Kier alpha value is -2.47. The maximum atomic E-state index is 14.9. The van der Waals surface area contributed by atoms with Crippen LogP contribution in [0, 0.1) is 5.82 Å². The first-order valence-corrected chi connectivity index (χ1v) is 11.7. The molecule has 0 aromatic heterocycles. The lowest BCUT2D eigenvalue weighted by molar-refractivity contribution is -0.133. The Morgan fingerprint density at radius 3 is 2.16 bits per heavy atom. The van der Waals surface area contributed by atoms with E-state index in [0.717, 1.165) is 11.1 Å². The molecule has 0 aliphatic carbocycles. The van der Waals surface area contributed by atoms with Gasteiger partial charge >= 0.3 is 0 Å². The Labute approximate surface area is 190 Å². The van der Waals surface area contributed by atoms with Gasteiger partial charge in [-0.3, -0.25) is 9.69 Å².